The highest BCUT2D eigenvalue weighted by molar-refractivity contribution is 5.94. The molecule has 0 atom stereocenters. The first-order valence-electron chi connectivity index (χ1n) is 7.98. The number of fused-ring (bicyclic) bond motifs is 1. The Morgan fingerprint density at radius 2 is 1.92 bits per heavy atom. The zero-order valence-electron chi connectivity index (χ0n) is 14.9. The molecular formula is C19H22N2O4. The summed E-state index contributed by atoms with van der Waals surface area (Å²) in [7, 11) is 1.58. The topological polar surface area (TPSA) is 68.6 Å². The van der Waals surface area contributed by atoms with E-state index in [4.69, 9.17) is 4.74 Å². The van der Waals surface area contributed by atoms with Crippen molar-refractivity contribution in [2.45, 2.75) is 27.2 Å². The molecule has 25 heavy (non-hydrogen) atoms. The Bertz CT molecular complexity index is 848. The van der Waals surface area contributed by atoms with Crippen molar-refractivity contribution in [1.82, 2.24) is 9.47 Å². The summed E-state index contributed by atoms with van der Waals surface area (Å²) in [6.45, 7) is 4.80. The molecule has 2 rings (SSSR count). The van der Waals surface area contributed by atoms with Crippen molar-refractivity contribution in [2.75, 3.05) is 13.7 Å². The lowest BCUT2D eigenvalue weighted by atomic mass is 10.1. The van der Waals surface area contributed by atoms with E-state index in [1.807, 2.05) is 18.2 Å². The second-order valence-corrected chi connectivity index (χ2v) is 5.82. The average Bonchev–Trinajstić information content (AvgIpc) is 2.92. The maximum Gasteiger partial charge on any atom is 0.227 e. The van der Waals surface area contributed by atoms with Gasteiger partial charge in [0.15, 0.2) is 5.78 Å². The molecule has 0 bridgehead atoms. The minimum atomic E-state index is -0.144. The lowest BCUT2D eigenvalue weighted by Gasteiger charge is -2.15. The molecule has 0 saturated carbocycles. The van der Waals surface area contributed by atoms with Crippen LogP contribution in [-0.2, 0) is 16.0 Å². The molecule has 0 aliphatic carbocycles. The van der Waals surface area contributed by atoms with E-state index in [1.54, 1.807) is 17.9 Å². The zero-order chi connectivity index (χ0) is 18.6. The second kappa shape index (κ2) is 7.79. The van der Waals surface area contributed by atoms with Crippen LogP contribution in [0.25, 0.3) is 10.9 Å². The molecule has 6 heteroatoms. The van der Waals surface area contributed by atoms with Crippen LogP contribution in [0.2, 0.25) is 0 Å². The predicted octanol–water partition coefficient (Wildman–Crippen LogP) is 2.80. The van der Waals surface area contributed by atoms with E-state index in [1.165, 1.54) is 37.9 Å². The van der Waals surface area contributed by atoms with Crippen LogP contribution in [0, 0.1) is 0 Å². The van der Waals surface area contributed by atoms with Gasteiger partial charge in [-0.15, -0.1) is 0 Å². The van der Waals surface area contributed by atoms with Gasteiger partial charge in [0.25, 0.3) is 0 Å². The van der Waals surface area contributed by atoms with Crippen LogP contribution in [0.4, 0.5) is 0 Å². The number of ketones is 1. The summed E-state index contributed by atoms with van der Waals surface area (Å²) in [4.78, 5) is 36.2. The summed E-state index contributed by atoms with van der Waals surface area (Å²) < 4.78 is 6.81. The van der Waals surface area contributed by atoms with Gasteiger partial charge in [0, 0.05) is 44.2 Å². The molecule has 0 aliphatic heterocycles. The molecule has 1 aromatic carbocycles. The van der Waals surface area contributed by atoms with Crippen LogP contribution in [0.15, 0.2) is 36.7 Å². The quantitative estimate of drug-likeness (QED) is 0.757. The number of hydrogen-bond acceptors (Lipinski definition) is 4. The van der Waals surface area contributed by atoms with Gasteiger partial charge in [-0.05, 0) is 37.1 Å². The number of amides is 1. The molecule has 1 amide bonds. The minimum Gasteiger partial charge on any atom is -0.497 e. The molecule has 0 fully saturated rings. The van der Waals surface area contributed by atoms with E-state index in [-0.39, 0.29) is 17.6 Å². The summed E-state index contributed by atoms with van der Waals surface area (Å²) in [6.07, 6.45) is 5.22. The van der Waals surface area contributed by atoms with Gasteiger partial charge >= 0.3 is 0 Å². The molecule has 0 N–H and O–H groups in total. The van der Waals surface area contributed by atoms with Gasteiger partial charge in [-0.1, -0.05) is 0 Å². The number of ether oxygens (including phenoxy) is 1. The molecule has 132 valence electrons. The molecule has 0 unspecified atom stereocenters. The summed E-state index contributed by atoms with van der Waals surface area (Å²) in [5.74, 6) is 0.319. The Kier molecular flexibility index (Phi) is 5.75. The van der Waals surface area contributed by atoms with E-state index in [9.17, 15) is 14.4 Å². The van der Waals surface area contributed by atoms with E-state index < -0.39 is 0 Å². The van der Waals surface area contributed by atoms with Crippen LogP contribution in [0.5, 0.6) is 5.75 Å². The van der Waals surface area contributed by atoms with Crippen LogP contribution >= 0.6 is 0 Å². The first-order chi connectivity index (χ1) is 11.8. The molecule has 0 spiro atoms. The number of benzene rings is 1. The van der Waals surface area contributed by atoms with Gasteiger partial charge in [0.1, 0.15) is 5.75 Å². The van der Waals surface area contributed by atoms with E-state index in [0.29, 0.717) is 18.7 Å². The fourth-order valence-corrected chi connectivity index (χ4v) is 2.64. The van der Waals surface area contributed by atoms with Gasteiger partial charge in [-0.2, -0.15) is 0 Å². The summed E-state index contributed by atoms with van der Waals surface area (Å²) in [6, 6.07) is 5.57. The summed E-state index contributed by atoms with van der Waals surface area (Å²) in [5.41, 5.74) is 1.73. The molecule has 0 aliphatic rings. The number of methoxy groups -OCH3 is 1. The molecule has 1 heterocycles. The molecule has 6 nitrogen and oxygen atoms in total. The third-order valence-electron chi connectivity index (χ3n) is 3.95. The van der Waals surface area contributed by atoms with E-state index in [2.05, 4.69) is 0 Å². The Morgan fingerprint density at radius 3 is 2.48 bits per heavy atom. The smallest absolute Gasteiger partial charge is 0.227 e. The fraction of sp³-hybridized carbons (Fsp3) is 0.316. The standard InChI is InChI=1S/C19H22N2O4/c1-13(22)7-9-20(14(2)23)10-8-16-12-21(15(3)24)19-11-17(25-4)5-6-18(16)19/h5-7,9,11-12H,8,10H2,1-4H3. The number of rotatable bonds is 6. The van der Waals surface area contributed by atoms with Crippen LogP contribution in [0.1, 0.15) is 31.1 Å². The predicted molar refractivity (Wildman–Crippen MR) is 95.7 cm³/mol. The number of allylic oxidation sites excluding steroid dienone is 1. The van der Waals surface area contributed by atoms with Gasteiger partial charge in [0.05, 0.1) is 12.6 Å². The first kappa shape index (κ1) is 18.4. The first-order valence-corrected chi connectivity index (χ1v) is 7.98. The van der Waals surface area contributed by atoms with Crippen molar-refractivity contribution >= 4 is 28.5 Å². The molecular weight excluding hydrogens is 320 g/mol. The highest BCUT2D eigenvalue weighted by Crippen LogP contribution is 2.26. The van der Waals surface area contributed by atoms with Gasteiger partial charge < -0.3 is 9.64 Å². The van der Waals surface area contributed by atoms with Crippen LogP contribution < -0.4 is 4.74 Å². The van der Waals surface area contributed by atoms with Crippen LogP contribution in [0.3, 0.4) is 0 Å². The van der Waals surface area contributed by atoms with Gasteiger partial charge in [-0.25, -0.2) is 0 Å². The van der Waals surface area contributed by atoms with E-state index >= 15 is 0 Å². The van der Waals surface area contributed by atoms with Crippen LogP contribution in [-0.4, -0.2) is 40.7 Å². The normalized spacial score (nSPS) is 11.0. The zero-order valence-corrected chi connectivity index (χ0v) is 14.9. The Morgan fingerprint density at radius 1 is 1.20 bits per heavy atom. The average molecular weight is 342 g/mol. The highest BCUT2D eigenvalue weighted by atomic mass is 16.5. The highest BCUT2D eigenvalue weighted by Gasteiger charge is 2.14. The monoisotopic (exact) mass is 342 g/mol. The lowest BCUT2D eigenvalue weighted by molar-refractivity contribution is -0.126. The van der Waals surface area contributed by atoms with Crippen molar-refractivity contribution in [3.05, 3.63) is 42.2 Å². The number of carbonyl (C=O) groups is 3. The van der Waals surface area contributed by atoms with Gasteiger partial charge in [-0.3, -0.25) is 19.0 Å². The third-order valence-corrected chi connectivity index (χ3v) is 3.95. The number of nitrogens with zero attached hydrogens (tertiary/aromatic N) is 2. The molecule has 0 saturated heterocycles. The lowest BCUT2D eigenvalue weighted by Crippen LogP contribution is -2.25. The van der Waals surface area contributed by atoms with E-state index in [0.717, 1.165) is 16.5 Å². The van der Waals surface area contributed by atoms with Crippen molar-refractivity contribution in [2.24, 2.45) is 0 Å². The Labute approximate surface area is 146 Å². The largest absolute Gasteiger partial charge is 0.497 e. The van der Waals surface area contributed by atoms with Crippen molar-refractivity contribution in [3.63, 3.8) is 0 Å². The summed E-state index contributed by atoms with van der Waals surface area (Å²) in [5, 5.41) is 0.940. The third kappa shape index (κ3) is 4.35. The van der Waals surface area contributed by atoms with Gasteiger partial charge in [0.2, 0.25) is 11.8 Å². The van der Waals surface area contributed by atoms with Crippen molar-refractivity contribution in [1.29, 1.82) is 0 Å². The maximum atomic E-state index is 11.9. The molecule has 0 radical (unpaired) electrons. The Balaban J connectivity index is 2.33. The number of carbonyl (C=O) groups excluding carboxylic acids is 3. The maximum absolute atomic E-state index is 11.9. The number of hydrogen-bond donors (Lipinski definition) is 0. The molecule has 2 aromatic rings. The molecule has 1 aromatic heterocycles. The fourth-order valence-electron chi connectivity index (χ4n) is 2.64. The second-order valence-electron chi connectivity index (χ2n) is 5.82. The SMILES string of the molecule is COc1ccc2c(CCN(C=CC(C)=O)C(C)=O)cn(C(C)=O)c2c1. The number of aromatic nitrogens is 1. The van der Waals surface area contributed by atoms with Crippen molar-refractivity contribution in [3.8, 4) is 5.75 Å². The van der Waals surface area contributed by atoms with Crippen molar-refractivity contribution < 1.29 is 19.1 Å². The summed E-state index contributed by atoms with van der Waals surface area (Å²) >= 11 is 0. The minimum absolute atomic E-state index is 0.0931. The Hall–Kier alpha value is -2.89.